The average molecular weight is 833 g/mol. The van der Waals surface area contributed by atoms with Crippen molar-refractivity contribution in [1.82, 2.24) is 19.5 Å². The van der Waals surface area contributed by atoms with Crippen LogP contribution in [0.2, 0.25) is 18.1 Å². The number of imidazole rings is 1. The molecule has 3 heterocycles. The van der Waals surface area contributed by atoms with Gasteiger partial charge in [0.15, 0.2) is 31.8 Å². The number of hydrogen-bond acceptors (Lipinski definition) is 11. The van der Waals surface area contributed by atoms with Crippen molar-refractivity contribution in [3.8, 4) is 11.5 Å². The van der Waals surface area contributed by atoms with Crippen molar-refractivity contribution < 1.29 is 42.2 Å². The number of hydrogen-bond donors (Lipinski definition) is 3. The molecule has 3 N–H and O–H groups in total. The van der Waals surface area contributed by atoms with Crippen LogP contribution in [0.15, 0.2) is 90.0 Å². The van der Waals surface area contributed by atoms with Gasteiger partial charge in [-0.15, -0.1) is 9.42 Å². The van der Waals surface area contributed by atoms with E-state index in [1.165, 1.54) is 10.9 Å². The van der Waals surface area contributed by atoms with Gasteiger partial charge in [-0.05, 0) is 59.1 Å². The van der Waals surface area contributed by atoms with E-state index >= 15 is 0 Å². The Kier molecular flexibility index (Phi) is 12.7. The Bertz CT molecular complexity index is 2230. The monoisotopic (exact) mass is 832 g/mol. The highest BCUT2D eigenvalue weighted by molar-refractivity contribution is 7.32. The van der Waals surface area contributed by atoms with Gasteiger partial charge in [-0.3, -0.25) is 24.5 Å². The van der Waals surface area contributed by atoms with Gasteiger partial charge in [-0.2, -0.15) is 4.98 Å². The Balaban J connectivity index is 1.50. The van der Waals surface area contributed by atoms with Gasteiger partial charge in [0.2, 0.25) is 11.9 Å². The standard InChI is InChI=1S/C41H50N5O10PSi/c1-25(2)36(47)44-39-43-35-32(37(48)45-39)42-24-46(35)38-34(56-58(8,9)40(3,4)5)33(55-57(49)50)31(54-38)23-53-41(26-13-11-10-12-14-26,27-15-19-29(51-6)20-16-27)28-17-21-30(52-7)22-18-28/h10-22,24-25,31,33-34,38H,23H2,1-9H3,(H2-,43,44,45,47,48,49,50)/p+1/t31-,33-,34-,38-/m1/s1. The molecule has 1 aliphatic heterocycles. The second-order valence-electron chi connectivity index (χ2n) is 15.9. The average Bonchev–Trinajstić information content (AvgIpc) is 3.76. The minimum atomic E-state index is -3.17. The molecule has 0 spiro atoms. The molecule has 5 atom stereocenters. The number of ether oxygens (including phenoxy) is 4. The first-order valence-electron chi connectivity index (χ1n) is 18.9. The summed E-state index contributed by atoms with van der Waals surface area (Å²) in [4.78, 5) is 47.8. The summed E-state index contributed by atoms with van der Waals surface area (Å²) in [6.07, 6.45) is -2.88. The number of rotatable bonds is 15. The number of methoxy groups -OCH3 is 2. The zero-order valence-electron chi connectivity index (χ0n) is 34.1. The summed E-state index contributed by atoms with van der Waals surface area (Å²) >= 11 is 0. The Morgan fingerprint density at radius 3 is 2.03 bits per heavy atom. The molecule has 2 aromatic heterocycles. The third kappa shape index (κ3) is 8.64. The van der Waals surface area contributed by atoms with E-state index in [1.54, 1.807) is 28.1 Å². The smallest absolute Gasteiger partial charge is 0.497 e. The zero-order valence-corrected chi connectivity index (χ0v) is 36.0. The maximum Gasteiger partial charge on any atom is 0.695 e. The maximum absolute atomic E-state index is 13.3. The molecule has 3 aromatic carbocycles. The fraction of sp³-hybridized carbons (Fsp3) is 0.415. The van der Waals surface area contributed by atoms with Gasteiger partial charge in [-0.25, -0.2) is 4.98 Å². The number of carbonyl (C=O) groups is 1. The lowest BCUT2D eigenvalue weighted by molar-refractivity contribution is -0.118. The number of aromatic amines is 1. The maximum atomic E-state index is 13.3. The largest absolute Gasteiger partial charge is 0.695 e. The van der Waals surface area contributed by atoms with E-state index in [0.717, 1.165) is 16.7 Å². The summed E-state index contributed by atoms with van der Waals surface area (Å²) in [6.45, 7) is 13.6. The third-order valence-corrected chi connectivity index (χ3v) is 15.7. The van der Waals surface area contributed by atoms with Gasteiger partial charge < -0.3 is 23.4 Å². The number of aromatic nitrogens is 4. The Morgan fingerprint density at radius 2 is 1.52 bits per heavy atom. The van der Waals surface area contributed by atoms with Crippen molar-refractivity contribution in [2.45, 2.75) is 82.9 Å². The third-order valence-electron chi connectivity index (χ3n) is 10.8. The number of anilines is 1. The van der Waals surface area contributed by atoms with Crippen molar-refractivity contribution in [3.05, 3.63) is 112 Å². The van der Waals surface area contributed by atoms with Crippen LogP contribution in [0.1, 0.15) is 57.5 Å². The van der Waals surface area contributed by atoms with E-state index in [2.05, 4.69) is 41.0 Å². The predicted molar refractivity (Wildman–Crippen MR) is 221 cm³/mol. The number of amides is 1. The fourth-order valence-corrected chi connectivity index (χ4v) is 8.40. The van der Waals surface area contributed by atoms with Gasteiger partial charge in [0.25, 0.3) is 5.56 Å². The Morgan fingerprint density at radius 1 is 0.948 bits per heavy atom. The minimum Gasteiger partial charge on any atom is -0.497 e. The van der Waals surface area contributed by atoms with Gasteiger partial charge in [0.1, 0.15) is 29.3 Å². The molecule has 1 fully saturated rings. The van der Waals surface area contributed by atoms with Crippen molar-refractivity contribution in [3.63, 3.8) is 0 Å². The molecule has 0 radical (unpaired) electrons. The lowest BCUT2D eigenvalue weighted by Gasteiger charge is -2.40. The number of benzene rings is 3. The van der Waals surface area contributed by atoms with Crippen LogP contribution in [0.4, 0.5) is 5.95 Å². The van der Waals surface area contributed by atoms with Crippen LogP contribution < -0.4 is 20.3 Å². The van der Waals surface area contributed by atoms with E-state index < -0.39 is 52.3 Å². The molecule has 0 aliphatic carbocycles. The molecular weight excluding hydrogens is 782 g/mol. The van der Waals surface area contributed by atoms with E-state index in [4.69, 9.17) is 27.9 Å². The molecule has 1 amide bonds. The summed E-state index contributed by atoms with van der Waals surface area (Å²) in [5.41, 5.74) is 0.562. The Hall–Kier alpha value is -4.80. The highest BCUT2D eigenvalue weighted by atomic mass is 31.1. The molecular formula is C41H51N5O10PSi+. The second kappa shape index (κ2) is 17.2. The second-order valence-corrected chi connectivity index (χ2v) is 21.4. The van der Waals surface area contributed by atoms with Crippen LogP contribution in [0, 0.1) is 5.92 Å². The summed E-state index contributed by atoms with van der Waals surface area (Å²) in [7, 11) is -2.67. The first-order valence-corrected chi connectivity index (χ1v) is 23.0. The highest BCUT2D eigenvalue weighted by Crippen LogP contribution is 2.47. The molecule has 0 bridgehead atoms. The summed E-state index contributed by atoms with van der Waals surface area (Å²) in [5.74, 6) is 0.498. The lowest BCUT2D eigenvalue weighted by Crippen LogP contribution is -2.49. The summed E-state index contributed by atoms with van der Waals surface area (Å²) in [5, 5.41) is 2.35. The molecule has 1 saturated heterocycles. The number of nitrogens with one attached hydrogen (secondary N) is 2. The molecule has 5 aromatic rings. The molecule has 15 nitrogen and oxygen atoms in total. The van der Waals surface area contributed by atoms with E-state index in [1.807, 2.05) is 92.0 Å². The molecule has 58 heavy (non-hydrogen) atoms. The highest BCUT2D eigenvalue weighted by Gasteiger charge is 2.56. The van der Waals surface area contributed by atoms with Crippen LogP contribution >= 0.6 is 8.25 Å². The SMILES string of the molecule is COc1ccc(C(OC[C@H]2O[C@@H](n3cnc4c(=O)[nH]c(NC(=O)C(C)C)nc43)[C@H](O[Si](C)(C)C(C)(C)C)[C@@H]2O[P+](=O)O)(c2ccccc2)c2ccc(OC)cc2)cc1. The summed E-state index contributed by atoms with van der Waals surface area (Å²) < 4.78 is 52.1. The number of H-pyrrole nitrogens is 1. The molecule has 308 valence electrons. The van der Waals surface area contributed by atoms with Gasteiger partial charge in [-0.1, -0.05) is 89.2 Å². The molecule has 6 rings (SSSR count). The minimum absolute atomic E-state index is 0.00951. The van der Waals surface area contributed by atoms with E-state index in [0.29, 0.717) is 11.5 Å². The number of carbonyl (C=O) groups excluding carboxylic acids is 1. The molecule has 1 aliphatic rings. The van der Waals surface area contributed by atoms with Gasteiger partial charge in [0, 0.05) is 10.5 Å². The van der Waals surface area contributed by atoms with Crippen molar-refractivity contribution in [2.24, 2.45) is 5.92 Å². The lowest BCUT2D eigenvalue weighted by atomic mass is 9.80. The predicted octanol–water partition coefficient (Wildman–Crippen LogP) is 7.06. The van der Waals surface area contributed by atoms with Crippen LogP contribution in [0.3, 0.4) is 0 Å². The van der Waals surface area contributed by atoms with E-state index in [9.17, 15) is 19.0 Å². The van der Waals surface area contributed by atoms with Crippen LogP contribution in [0.25, 0.3) is 11.2 Å². The number of fused-ring (bicyclic) bond motifs is 1. The first-order chi connectivity index (χ1) is 27.5. The molecule has 17 heteroatoms. The van der Waals surface area contributed by atoms with Crippen LogP contribution in [-0.2, 0) is 33.4 Å². The van der Waals surface area contributed by atoms with Gasteiger partial charge >= 0.3 is 8.25 Å². The van der Waals surface area contributed by atoms with Crippen molar-refractivity contribution in [1.29, 1.82) is 0 Å². The van der Waals surface area contributed by atoms with Crippen LogP contribution in [-0.4, -0.2) is 77.8 Å². The molecule has 1 unspecified atom stereocenters. The fourth-order valence-electron chi connectivity index (χ4n) is 6.65. The topological polar surface area (TPSA) is 185 Å². The Labute approximate surface area is 339 Å². The van der Waals surface area contributed by atoms with Gasteiger partial charge in [0.05, 0.1) is 27.2 Å². The summed E-state index contributed by atoms with van der Waals surface area (Å²) in [6, 6.07) is 24.8. The van der Waals surface area contributed by atoms with Crippen molar-refractivity contribution >= 4 is 39.6 Å². The van der Waals surface area contributed by atoms with E-state index in [-0.39, 0.29) is 40.6 Å². The normalized spacial score (nSPS) is 19.1. The number of nitrogens with zero attached hydrogens (tertiary/aromatic N) is 3. The molecule has 0 saturated carbocycles. The van der Waals surface area contributed by atoms with Crippen LogP contribution in [0.5, 0.6) is 11.5 Å². The quantitative estimate of drug-likeness (QED) is 0.0555. The van der Waals surface area contributed by atoms with Crippen molar-refractivity contribution in [2.75, 3.05) is 26.1 Å². The first kappa shape index (κ1) is 42.8. The zero-order chi connectivity index (χ0) is 42.0.